The van der Waals surface area contributed by atoms with Gasteiger partial charge in [0, 0.05) is 63.5 Å². The van der Waals surface area contributed by atoms with Gasteiger partial charge in [0.05, 0.1) is 19.8 Å². The van der Waals surface area contributed by atoms with Crippen molar-refractivity contribution >= 4 is 5.91 Å². The molecule has 0 N–H and O–H groups in total. The zero-order valence-corrected chi connectivity index (χ0v) is 28.1. The van der Waals surface area contributed by atoms with Crippen LogP contribution in [0.25, 0.3) is 5.69 Å². The number of aromatic nitrogens is 5. The molecule has 2 aliphatic rings. The highest BCUT2D eigenvalue weighted by Crippen LogP contribution is 2.40. The number of halogens is 3. The van der Waals surface area contributed by atoms with Crippen molar-refractivity contribution in [3.63, 3.8) is 0 Å². The van der Waals surface area contributed by atoms with Crippen molar-refractivity contribution in [3.05, 3.63) is 125 Å². The molecule has 0 bridgehead atoms. The first kappa shape index (κ1) is 34.1. The molecule has 0 aliphatic carbocycles. The average molecular weight is 699 g/mol. The number of alkyl halides is 3. The van der Waals surface area contributed by atoms with Gasteiger partial charge in [-0.2, -0.15) is 17.9 Å². The Morgan fingerprint density at radius 3 is 2.20 bits per heavy atom. The maximum absolute atomic E-state index is 13.9. The first-order valence-corrected chi connectivity index (χ1v) is 16.6. The van der Waals surface area contributed by atoms with E-state index < -0.39 is 12.0 Å². The fraction of sp³-hybridized carbons (Fsp3) is 0.324. The highest BCUT2D eigenvalue weighted by Gasteiger charge is 2.44. The van der Waals surface area contributed by atoms with E-state index in [-0.39, 0.29) is 41.9 Å². The molecule has 51 heavy (non-hydrogen) atoms. The predicted molar refractivity (Wildman–Crippen MR) is 182 cm³/mol. The quantitative estimate of drug-likeness (QED) is 0.212. The topological polar surface area (TPSA) is 102 Å². The van der Waals surface area contributed by atoms with Crippen LogP contribution in [0.2, 0.25) is 0 Å². The van der Waals surface area contributed by atoms with Gasteiger partial charge in [-0.25, -0.2) is 0 Å². The fourth-order valence-electron chi connectivity index (χ4n) is 7.51. The Bertz CT molecular complexity index is 1910. The summed E-state index contributed by atoms with van der Waals surface area (Å²) in [4.78, 5) is 24.6. The first-order chi connectivity index (χ1) is 24.8. The molecule has 0 saturated carbocycles. The lowest BCUT2D eigenvalue weighted by Gasteiger charge is -2.53. The van der Waals surface area contributed by atoms with Gasteiger partial charge in [0.2, 0.25) is 0 Å². The summed E-state index contributed by atoms with van der Waals surface area (Å²) >= 11 is 0. The third-order valence-corrected chi connectivity index (χ3v) is 9.70. The van der Waals surface area contributed by atoms with Crippen molar-refractivity contribution < 1.29 is 27.4 Å². The Hall–Kier alpha value is -5.34. The normalized spacial score (nSPS) is 18.4. The molecule has 2 fully saturated rings. The summed E-state index contributed by atoms with van der Waals surface area (Å²) in [6.07, 6.45) is -3.17. The summed E-state index contributed by atoms with van der Waals surface area (Å²) in [6.45, 7) is 3.18. The van der Waals surface area contributed by atoms with E-state index in [0.717, 1.165) is 11.1 Å². The maximum Gasteiger partial charge on any atom is 0.453 e. The van der Waals surface area contributed by atoms with Gasteiger partial charge in [-0.3, -0.25) is 19.6 Å². The number of methoxy groups -OCH3 is 2. The molecular weight excluding hydrogens is 661 g/mol. The molecule has 1 amide bonds. The number of carbonyl (C=O) groups excluding carboxylic acids is 1. The van der Waals surface area contributed by atoms with Crippen LogP contribution in [0.4, 0.5) is 13.2 Å². The Labute approximate surface area is 293 Å². The number of fused-ring (bicyclic) bond motifs is 1. The summed E-state index contributed by atoms with van der Waals surface area (Å²) in [5.74, 6) is -0.774. The molecule has 2 aliphatic heterocycles. The van der Waals surface area contributed by atoms with Crippen LogP contribution in [0.1, 0.15) is 38.9 Å². The first-order valence-electron chi connectivity index (χ1n) is 16.6. The maximum atomic E-state index is 13.9. The highest BCUT2D eigenvalue weighted by atomic mass is 19.4. The Balaban J connectivity index is 1.29. The van der Waals surface area contributed by atoms with Crippen molar-refractivity contribution in [2.24, 2.45) is 0 Å². The molecule has 2 atom stereocenters. The third-order valence-electron chi connectivity index (χ3n) is 9.70. The van der Waals surface area contributed by atoms with Crippen molar-refractivity contribution in [1.29, 1.82) is 0 Å². The van der Waals surface area contributed by atoms with Crippen molar-refractivity contribution in [1.82, 2.24) is 39.9 Å². The molecule has 5 aromatic rings. The molecule has 3 aromatic carbocycles. The van der Waals surface area contributed by atoms with Crippen molar-refractivity contribution in [2.75, 3.05) is 46.9 Å². The van der Waals surface area contributed by atoms with E-state index in [1.165, 1.54) is 20.3 Å². The summed E-state index contributed by atoms with van der Waals surface area (Å²) in [6, 6.07) is 29.1. The zero-order chi connectivity index (χ0) is 35.5. The van der Waals surface area contributed by atoms with Crippen molar-refractivity contribution in [2.45, 2.75) is 30.7 Å². The summed E-state index contributed by atoms with van der Waals surface area (Å²) < 4.78 is 53.9. The van der Waals surface area contributed by atoms with Crippen LogP contribution < -0.4 is 9.47 Å². The number of ether oxygens (including phenoxy) is 2. The number of pyridine rings is 1. The van der Waals surface area contributed by atoms with Gasteiger partial charge in [-0.15, -0.1) is 5.10 Å². The molecule has 4 heterocycles. The number of carbonyl (C=O) groups is 1. The second-order valence-corrected chi connectivity index (χ2v) is 12.6. The highest BCUT2D eigenvalue weighted by molar-refractivity contribution is 5.92. The van der Waals surface area contributed by atoms with Gasteiger partial charge in [-0.05, 0) is 45.8 Å². The molecule has 11 nitrogen and oxygen atoms in total. The predicted octanol–water partition coefficient (Wildman–Crippen LogP) is 4.94. The number of benzene rings is 3. The minimum absolute atomic E-state index is 0.0126. The number of hydrogen-bond acceptors (Lipinski definition) is 9. The molecular formula is C37H37F3N8O3. The Kier molecular flexibility index (Phi) is 9.69. The lowest BCUT2D eigenvalue weighted by atomic mass is 9.81. The molecule has 0 unspecified atom stereocenters. The SMILES string of the molecule is COc1ccc(-n2nnnc2C(F)(F)F)c(OC)c1CN1C[C@@H]2CN(C(=O)c3ccccn3)CCN2[C@H](C(c2ccccc2)c2ccccc2)C1. The monoisotopic (exact) mass is 698 g/mol. The van der Waals surface area contributed by atoms with E-state index in [2.05, 4.69) is 54.6 Å². The van der Waals surface area contributed by atoms with Crippen LogP contribution in [0.15, 0.2) is 97.2 Å². The summed E-state index contributed by atoms with van der Waals surface area (Å²) in [7, 11) is 2.92. The molecule has 7 rings (SSSR count). The van der Waals surface area contributed by atoms with Gasteiger partial charge in [0.15, 0.2) is 5.75 Å². The van der Waals surface area contributed by atoms with Crippen molar-refractivity contribution in [3.8, 4) is 17.2 Å². The van der Waals surface area contributed by atoms with E-state index in [9.17, 15) is 18.0 Å². The Morgan fingerprint density at radius 1 is 0.863 bits per heavy atom. The molecule has 14 heteroatoms. The number of amides is 1. The largest absolute Gasteiger partial charge is 0.496 e. The van der Waals surface area contributed by atoms with E-state index >= 15 is 0 Å². The zero-order valence-electron chi connectivity index (χ0n) is 28.1. The van der Waals surface area contributed by atoms with E-state index in [0.29, 0.717) is 54.4 Å². The van der Waals surface area contributed by atoms with Crippen LogP contribution in [-0.2, 0) is 12.7 Å². The number of hydrogen-bond donors (Lipinski definition) is 0. The molecule has 0 spiro atoms. The van der Waals surface area contributed by atoms with Crippen LogP contribution in [0.3, 0.4) is 0 Å². The van der Waals surface area contributed by atoms with Gasteiger partial charge < -0.3 is 14.4 Å². The van der Waals surface area contributed by atoms with Crippen LogP contribution >= 0.6 is 0 Å². The summed E-state index contributed by atoms with van der Waals surface area (Å²) in [5.41, 5.74) is 3.32. The van der Waals surface area contributed by atoms with E-state index in [1.807, 2.05) is 41.3 Å². The minimum Gasteiger partial charge on any atom is -0.496 e. The number of tetrazole rings is 1. The number of rotatable bonds is 9. The average Bonchev–Trinajstić information content (AvgIpc) is 3.67. The lowest BCUT2D eigenvalue weighted by molar-refractivity contribution is -0.146. The smallest absolute Gasteiger partial charge is 0.453 e. The standard InChI is InChI=1S/C37H37F3N8O3/c1-50-32-17-16-30(48-36(37(38,39)40)42-43-44-48)34(51-2)28(32)23-45-21-27-22-46(35(49)29-15-9-10-18-41-29)19-20-47(27)31(24-45)33(25-11-5-3-6-12-25)26-13-7-4-8-14-26/h3-18,27,31,33H,19-24H2,1-2H3/t27-,31+/m1/s1. The van der Waals surface area contributed by atoms with E-state index in [4.69, 9.17) is 9.47 Å². The second-order valence-electron chi connectivity index (χ2n) is 12.6. The fourth-order valence-corrected chi connectivity index (χ4v) is 7.51. The Morgan fingerprint density at radius 2 is 1.57 bits per heavy atom. The third kappa shape index (κ3) is 6.88. The van der Waals surface area contributed by atoms with Crippen LogP contribution in [0.5, 0.6) is 11.5 Å². The number of nitrogens with zero attached hydrogens (tertiary/aromatic N) is 8. The second kappa shape index (κ2) is 14.5. The molecule has 2 aromatic heterocycles. The van der Waals surface area contributed by atoms with Gasteiger partial charge in [-0.1, -0.05) is 66.7 Å². The molecule has 0 radical (unpaired) electrons. The van der Waals surface area contributed by atoms with Crippen LogP contribution in [-0.4, -0.2) is 105 Å². The summed E-state index contributed by atoms with van der Waals surface area (Å²) in [5, 5.41) is 10.2. The van der Waals surface area contributed by atoms with E-state index in [1.54, 1.807) is 30.5 Å². The van der Waals surface area contributed by atoms with Gasteiger partial charge >= 0.3 is 6.18 Å². The van der Waals surface area contributed by atoms with Gasteiger partial charge in [0.1, 0.15) is 17.1 Å². The number of piperazine rings is 2. The molecule has 264 valence electrons. The van der Waals surface area contributed by atoms with Gasteiger partial charge in [0.25, 0.3) is 11.7 Å². The minimum atomic E-state index is -4.79. The molecule has 2 saturated heterocycles. The van der Waals surface area contributed by atoms with Crippen LogP contribution in [0, 0.1) is 0 Å². The lowest BCUT2D eigenvalue weighted by Crippen LogP contribution is -2.67.